The molecule has 0 spiro atoms. The van der Waals surface area contributed by atoms with Gasteiger partial charge in [0.15, 0.2) is 0 Å². The first-order valence-corrected chi connectivity index (χ1v) is 10.4. The minimum absolute atomic E-state index is 0.103. The van der Waals surface area contributed by atoms with Crippen molar-refractivity contribution in [3.05, 3.63) is 66.2 Å². The Morgan fingerprint density at radius 1 is 0.931 bits per heavy atom. The van der Waals surface area contributed by atoms with E-state index >= 15 is 0 Å². The van der Waals surface area contributed by atoms with Gasteiger partial charge in [0, 0.05) is 32.2 Å². The number of carbonyl (C=O) groups excluding carboxylic acids is 2. The number of para-hydroxylation sites is 1. The van der Waals surface area contributed by atoms with E-state index in [1.165, 1.54) is 5.69 Å². The zero-order valence-electron chi connectivity index (χ0n) is 17.7. The van der Waals surface area contributed by atoms with Crippen LogP contribution in [0.1, 0.15) is 44.7 Å². The monoisotopic (exact) mass is 395 g/mol. The molecule has 0 radical (unpaired) electrons. The highest BCUT2D eigenvalue weighted by molar-refractivity contribution is 5.88. The molecule has 5 nitrogen and oxygen atoms in total. The summed E-state index contributed by atoms with van der Waals surface area (Å²) in [4.78, 5) is 27.2. The molecule has 1 unspecified atom stereocenters. The summed E-state index contributed by atoms with van der Waals surface area (Å²) in [6, 6.07) is 19.0. The van der Waals surface area contributed by atoms with Crippen LogP contribution in [0.5, 0.6) is 0 Å². The van der Waals surface area contributed by atoms with Crippen LogP contribution in [0.25, 0.3) is 0 Å². The Morgan fingerprint density at radius 3 is 2.17 bits per heavy atom. The van der Waals surface area contributed by atoms with E-state index in [1.54, 1.807) is 0 Å². The molecule has 156 valence electrons. The lowest BCUT2D eigenvalue weighted by molar-refractivity contribution is -0.129. The Hall–Kier alpha value is -2.82. The Bertz CT molecular complexity index is 747. The molecular weight excluding hydrogens is 362 g/mol. The summed E-state index contributed by atoms with van der Waals surface area (Å²) in [6.45, 7) is 5.49. The minimum Gasteiger partial charge on any atom is -0.375 e. The van der Waals surface area contributed by atoms with E-state index in [4.69, 9.17) is 0 Å². The largest absolute Gasteiger partial charge is 0.375 e. The smallest absolute Gasteiger partial charge is 0.247 e. The Labute approximate surface area is 174 Å². The van der Waals surface area contributed by atoms with Crippen LogP contribution in [-0.2, 0) is 9.59 Å². The van der Waals surface area contributed by atoms with Crippen molar-refractivity contribution in [3.8, 4) is 0 Å². The standard InChI is InChI=1S/C24H33N3O2/c1-19(2)18-22(28)26-23(20-12-6-4-7-13-20)24(29)25-16-10-11-17-27(3)21-14-8-5-9-15-21/h4-9,12-15,19,23H,10-11,16-18H2,1-3H3,(H,25,29)(H,26,28). The van der Waals surface area contributed by atoms with Gasteiger partial charge in [0.25, 0.3) is 0 Å². The second-order valence-corrected chi connectivity index (χ2v) is 7.76. The lowest BCUT2D eigenvalue weighted by Crippen LogP contribution is -2.41. The van der Waals surface area contributed by atoms with E-state index < -0.39 is 6.04 Å². The molecule has 0 saturated carbocycles. The van der Waals surface area contributed by atoms with Gasteiger partial charge in [-0.2, -0.15) is 0 Å². The first-order chi connectivity index (χ1) is 14.0. The van der Waals surface area contributed by atoms with Crippen molar-refractivity contribution in [2.24, 2.45) is 5.92 Å². The Kier molecular flexibility index (Phi) is 9.22. The van der Waals surface area contributed by atoms with E-state index in [-0.39, 0.29) is 17.7 Å². The molecule has 0 aliphatic heterocycles. The van der Waals surface area contributed by atoms with Crippen LogP contribution in [0.15, 0.2) is 60.7 Å². The number of nitrogens with zero attached hydrogens (tertiary/aromatic N) is 1. The molecule has 1 atom stereocenters. The maximum atomic E-state index is 12.7. The van der Waals surface area contributed by atoms with Gasteiger partial charge in [-0.15, -0.1) is 0 Å². The number of nitrogens with one attached hydrogen (secondary N) is 2. The number of hydrogen-bond donors (Lipinski definition) is 2. The first kappa shape index (κ1) is 22.5. The van der Waals surface area contributed by atoms with Crippen LogP contribution >= 0.6 is 0 Å². The fraction of sp³-hybridized carbons (Fsp3) is 0.417. The van der Waals surface area contributed by atoms with Crippen LogP contribution in [0.3, 0.4) is 0 Å². The summed E-state index contributed by atoms with van der Waals surface area (Å²) in [5.41, 5.74) is 1.99. The summed E-state index contributed by atoms with van der Waals surface area (Å²) >= 11 is 0. The van der Waals surface area contributed by atoms with E-state index in [1.807, 2.05) is 62.4 Å². The number of rotatable bonds is 11. The molecule has 0 saturated heterocycles. The van der Waals surface area contributed by atoms with Gasteiger partial charge in [-0.05, 0) is 36.5 Å². The van der Waals surface area contributed by atoms with E-state index in [2.05, 4.69) is 34.7 Å². The lowest BCUT2D eigenvalue weighted by Gasteiger charge is -2.21. The van der Waals surface area contributed by atoms with E-state index in [0.717, 1.165) is 24.9 Å². The number of anilines is 1. The third-order valence-electron chi connectivity index (χ3n) is 4.71. The van der Waals surface area contributed by atoms with Crippen molar-refractivity contribution >= 4 is 17.5 Å². The SMILES string of the molecule is CC(C)CC(=O)NC(C(=O)NCCCCN(C)c1ccccc1)c1ccccc1. The van der Waals surface area contributed by atoms with Crippen molar-refractivity contribution in [2.45, 2.75) is 39.2 Å². The molecule has 2 aromatic carbocycles. The summed E-state index contributed by atoms with van der Waals surface area (Å²) in [5.74, 6) is -0.0192. The Balaban J connectivity index is 1.82. The maximum Gasteiger partial charge on any atom is 0.247 e. The number of hydrogen-bond acceptors (Lipinski definition) is 3. The molecule has 5 heteroatoms. The quantitative estimate of drug-likeness (QED) is 0.567. The van der Waals surface area contributed by atoms with Crippen LogP contribution < -0.4 is 15.5 Å². The van der Waals surface area contributed by atoms with Crippen molar-refractivity contribution in [3.63, 3.8) is 0 Å². The van der Waals surface area contributed by atoms with E-state index in [0.29, 0.717) is 13.0 Å². The van der Waals surface area contributed by atoms with E-state index in [9.17, 15) is 9.59 Å². The third-order valence-corrected chi connectivity index (χ3v) is 4.71. The Morgan fingerprint density at radius 2 is 1.55 bits per heavy atom. The lowest BCUT2D eigenvalue weighted by atomic mass is 10.0. The van der Waals surface area contributed by atoms with Gasteiger partial charge in [-0.3, -0.25) is 9.59 Å². The molecule has 0 aromatic heterocycles. The molecule has 2 N–H and O–H groups in total. The number of unbranched alkanes of at least 4 members (excludes halogenated alkanes) is 1. The first-order valence-electron chi connectivity index (χ1n) is 10.4. The minimum atomic E-state index is -0.658. The molecule has 0 aliphatic rings. The highest BCUT2D eigenvalue weighted by Gasteiger charge is 2.22. The maximum absolute atomic E-state index is 12.7. The van der Waals surface area contributed by atoms with Gasteiger partial charge in [-0.1, -0.05) is 62.4 Å². The van der Waals surface area contributed by atoms with Gasteiger partial charge in [0.1, 0.15) is 6.04 Å². The second kappa shape index (κ2) is 11.9. The van der Waals surface area contributed by atoms with Crippen LogP contribution in [-0.4, -0.2) is 32.0 Å². The van der Waals surface area contributed by atoms with Gasteiger partial charge < -0.3 is 15.5 Å². The number of amides is 2. The highest BCUT2D eigenvalue weighted by atomic mass is 16.2. The predicted molar refractivity (Wildman–Crippen MR) is 119 cm³/mol. The molecule has 29 heavy (non-hydrogen) atoms. The third kappa shape index (κ3) is 7.98. The van der Waals surface area contributed by atoms with Gasteiger partial charge in [0.05, 0.1) is 0 Å². The summed E-state index contributed by atoms with van der Waals surface area (Å²) in [7, 11) is 2.07. The summed E-state index contributed by atoms with van der Waals surface area (Å²) < 4.78 is 0. The topological polar surface area (TPSA) is 61.4 Å². The van der Waals surface area contributed by atoms with Crippen LogP contribution in [0.4, 0.5) is 5.69 Å². The fourth-order valence-electron chi connectivity index (χ4n) is 3.14. The fourth-order valence-corrected chi connectivity index (χ4v) is 3.14. The second-order valence-electron chi connectivity index (χ2n) is 7.76. The van der Waals surface area contributed by atoms with Crippen LogP contribution in [0.2, 0.25) is 0 Å². The van der Waals surface area contributed by atoms with Crippen molar-refractivity contribution in [1.29, 1.82) is 0 Å². The zero-order valence-corrected chi connectivity index (χ0v) is 17.7. The molecule has 2 aromatic rings. The zero-order chi connectivity index (χ0) is 21.1. The summed E-state index contributed by atoms with van der Waals surface area (Å²) in [6.07, 6.45) is 2.26. The molecule has 0 aliphatic carbocycles. The molecule has 2 amide bonds. The van der Waals surface area contributed by atoms with Gasteiger partial charge in [-0.25, -0.2) is 0 Å². The van der Waals surface area contributed by atoms with Crippen molar-refractivity contribution < 1.29 is 9.59 Å². The average molecular weight is 396 g/mol. The molecule has 0 bridgehead atoms. The predicted octanol–water partition coefficient (Wildman–Crippen LogP) is 3.92. The van der Waals surface area contributed by atoms with Gasteiger partial charge in [0.2, 0.25) is 11.8 Å². The molecular formula is C24H33N3O2. The van der Waals surface area contributed by atoms with Crippen molar-refractivity contribution in [2.75, 3.05) is 25.0 Å². The van der Waals surface area contributed by atoms with Crippen LogP contribution in [0, 0.1) is 5.92 Å². The highest BCUT2D eigenvalue weighted by Crippen LogP contribution is 2.14. The molecule has 0 fully saturated rings. The van der Waals surface area contributed by atoms with Crippen molar-refractivity contribution in [1.82, 2.24) is 10.6 Å². The molecule has 2 rings (SSSR count). The average Bonchev–Trinajstić information content (AvgIpc) is 2.72. The summed E-state index contributed by atoms with van der Waals surface area (Å²) in [5, 5.41) is 5.87. The molecule has 0 heterocycles. The number of benzene rings is 2. The number of carbonyl (C=O) groups is 2. The normalized spacial score (nSPS) is 11.7. The van der Waals surface area contributed by atoms with Gasteiger partial charge >= 0.3 is 0 Å².